The summed E-state index contributed by atoms with van der Waals surface area (Å²) in [5.74, 6) is 0.395. The summed E-state index contributed by atoms with van der Waals surface area (Å²) in [7, 11) is -3.23. The first-order valence-electron chi connectivity index (χ1n) is 8.25. The maximum Gasteiger partial charge on any atom is 0.289 e. The van der Waals surface area contributed by atoms with Gasteiger partial charge >= 0.3 is 0 Å². The van der Waals surface area contributed by atoms with Crippen LogP contribution in [-0.2, 0) is 14.8 Å². The van der Waals surface area contributed by atoms with Gasteiger partial charge in [-0.15, -0.1) is 0 Å². The Balaban J connectivity index is 1.45. The number of nitrogens with zero attached hydrogens (tertiary/aromatic N) is 1. The molecule has 1 aromatic heterocycles. The number of benzene rings is 1. The second kappa shape index (κ2) is 6.12. The molecule has 2 fully saturated rings. The minimum atomic E-state index is -3.23. The molecule has 0 bridgehead atoms. The lowest BCUT2D eigenvalue weighted by molar-refractivity contribution is 0.0654. The van der Waals surface area contributed by atoms with Gasteiger partial charge in [0.25, 0.3) is 5.91 Å². The summed E-state index contributed by atoms with van der Waals surface area (Å²) >= 11 is 0. The number of fused-ring (bicyclic) bond motifs is 2. The lowest BCUT2D eigenvalue weighted by Crippen LogP contribution is -2.34. The Morgan fingerprint density at radius 1 is 1.32 bits per heavy atom. The van der Waals surface area contributed by atoms with E-state index in [2.05, 4.69) is 4.72 Å². The Bertz CT molecular complexity index is 874. The van der Waals surface area contributed by atoms with Crippen molar-refractivity contribution in [1.82, 2.24) is 9.62 Å². The van der Waals surface area contributed by atoms with E-state index in [1.54, 1.807) is 11.0 Å². The van der Waals surface area contributed by atoms with Crippen LogP contribution in [-0.4, -0.2) is 57.8 Å². The lowest BCUT2D eigenvalue weighted by Gasteiger charge is -2.19. The van der Waals surface area contributed by atoms with Crippen LogP contribution in [0.25, 0.3) is 11.0 Å². The average Bonchev–Trinajstić information content (AvgIpc) is 3.25. The van der Waals surface area contributed by atoms with Gasteiger partial charge in [-0.3, -0.25) is 4.79 Å². The molecule has 1 N–H and O–H groups in total. The van der Waals surface area contributed by atoms with Crippen LogP contribution in [0.3, 0.4) is 0 Å². The summed E-state index contributed by atoms with van der Waals surface area (Å²) < 4.78 is 36.6. The predicted molar refractivity (Wildman–Crippen MR) is 91.7 cm³/mol. The number of carbonyl (C=O) groups is 1. The molecule has 2 saturated heterocycles. The first kappa shape index (κ1) is 16.6. The molecule has 4 rings (SSSR count). The molecular weight excluding hydrogens is 344 g/mol. The number of furan rings is 1. The van der Waals surface area contributed by atoms with Gasteiger partial charge in [0.1, 0.15) is 5.58 Å². The topological polar surface area (TPSA) is 88.9 Å². The number of amides is 1. The van der Waals surface area contributed by atoms with Gasteiger partial charge < -0.3 is 14.1 Å². The van der Waals surface area contributed by atoms with Gasteiger partial charge in [-0.1, -0.05) is 18.2 Å². The molecule has 25 heavy (non-hydrogen) atoms. The Morgan fingerprint density at radius 3 is 2.88 bits per heavy atom. The number of likely N-dealkylation sites (tertiary alicyclic amines) is 1. The van der Waals surface area contributed by atoms with E-state index in [9.17, 15) is 13.2 Å². The molecule has 7 nitrogen and oxygen atoms in total. The molecule has 0 saturated carbocycles. The Hall–Kier alpha value is -1.90. The highest BCUT2D eigenvalue weighted by molar-refractivity contribution is 7.88. The maximum absolute atomic E-state index is 12.7. The van der Waals surface area contributed by atoms with Crippen LogP contribution in [0.5, 0.6) is 0 Å². The van der Waals surface area contributed by atoms with Crippen LogP contribution in [0.2, 0.25) is 0 Å². The molecule has 2 aliphatic rings. The molecule has 0 spiro atoms. The smallest absolute Gasteiger partial charge is 0.289 e. The number of hydrogen-bond donors (Lipinski definition) is 1. The third kappa shape index (κ3) is 3.29. The van der Waals surface area contributed by atoms with Gasteiger partial charge in [-0.2, -0.15) is 0 Å². The van der Waals surface area contributed by atoms with E-state index in [1.165, 1.54) is 0 Å². The summed E-state index contributed by atoms with van der Waals surface area (Å²) in [6.07, 6.45) is 1.10. The highest BCUT2D eigenvalue weighted by Gasteiger charge is 2.45. The second-order valence-electron chi connectivity index (χ2n) is 6.77. The molecule has 3 heterocycles. The van der Waals surface area contributed by atoms with E-state index in [1.807, 2.05) is 24.3 Å². The maximum atomic E-state index is 12.7. The average molecular weight is 364 g/mol. The first-order chi connectivity index (χ1) is 11.9. The molecule has 2 aliphatic heterocycles. The van der Waals surface area contributed by atoms with Crippen molar-refractivity contribution < 1.29 is 22.4 Å². The summed E-state index contributed by atoms with van der Waals surface area (Å²) in [4.78, 5) is 14.5. The molecule has 1 aromatic carbocycles. The molecule has 0 aliphatic carbocycles. The van der Waals surface area contributed by atoms with Crippen molar-refractivity contribution in [2.75, 3.05) is 32.5 Å². The van der Waals surface area contributed by atoms with Crippen molar-refractivity contribution >= 4 is 26.9 Å². The van der Waals surface area contributed by atoms with Gasteiger partial charge in [-0.05, 0) is 12.1 Å². The third-order valence-corrected chi connectivity index (χ3v) is 5.66. The van der Waals surface area contributed by atoms with Crippen LogP contribution in [0.4, 0.5) is 0 Å². The third-order valence-electron chi connectivity index (χ3n) is 4.97. The first-order valence-corrected chi connectivity index (χ1v) is 10.1. The molecule has 0 radical (unpaired) electrons. The normalized spacial score (nSPS) is 26.3. The molecule has 1 amide bonds. The minimum Gasteiger partial charge on any atom is -0.451 e. The quantitative estimate of drug-likeness (QED) is 0.877. The molecular formula is C17H20N2O5S. The van der Waals surface area contributed by atoms with Gasteiger partial charge in [0, 0.05) is 36.9 Å². The Labute approximate surface area is 146 Å². The largest absolute Gasteiger partial charge is 0.451 e. The van der Waals surface area contributed by atoms with Crippen molar-refractivity contribution in [3.8, 4) is 0 Å². The van der Waals surface area contributed by atoms with Crippen molar-refractivity contribution in [3.05, 3.63) is 36.1 Å². The Kier molecular flexibility index (Phi) is 4.05. The number of para-hydroxylation sites is 1. The van der Waals surface area contributed by atoms with E-state index >= 15 is 0 Å². The van der Waals surface area contributed by atoms with Crippen molar-refractivity contribution in [2.45, 2.75) is 6.10 Å². The highest BCUT2D eigenvalue weighted by Crippen LogP contribution is 2.34. The second-order valence-corrected chi connectivity index (χ2v) is 8.61. The van der Waals surface area contributed by atoms with E-state index in [0.29, 0.717) is 37.6 Å². The van der Waals surface area contributed by atoms with E-state index in [4.69, 9.17) is 9.15 Å². The van der Waals surface area contributed by atoms with Crippen LogP contribution in [0.15, 0.2) is 34.7 Å². The van der Waals surface area contributed by atoms with Gasteiger partial charge in [0.05, 0.1) is 19.0 Å². The van der Waals surface area contributed by atoms with Gasteiger partial charge in [0.2, 0.25) is 10.0 Å². The SMILES string of the molecule is CS(=O)(=O)NC[C@H]1CO[C@@H]2CN(C(=O)c3cc4ccccc4o3)C[C@H]12. The fourth-order valence-corrected chi connectivity index (χ4v) is 4.19. The summed E-state index contributed by atoms with van der Waals surface area (Å²) in [6, 6.07) is 9.27. The fourth-order valence-electron chi connectivity index (χ4n) is 3.68. The summed E-state index contributed by atoms with van der Waals surface area (Å²) in [6.45, 7) is 1.92. The van der Waals surface area contributed by atoms with Crippen LogP contribution in [0, 0.1) is 11.8 Å². The zero-order valence-electron chi connectivity index (χ0n) is 13.8. The van der Waals surface area contributed by atoms with Crippen LogP contribution < -0.4 is 4.72 Å². The Morgan fingerprint density at radius 2 is 2.12 bits per heavy atom. The fraction of sp³-hybridized carbons (Fsp3) is 0.471. The van der Waals surface area contributed by atoms with Crippen molar-refractivity contribution in [3.63, 3.8) is 0 Å². The van der Waals surface area contributed by atoms with E-state index < -0.39 is 10.0 Å². The lowest BCUT2D eigenvalue weighted by atomic mass is 9.93. The van der Waals surface area contributed by atoms with Crippen LogP contribution >= 0.6 is 0 Å². The number of sulfonamides is 1. The molecule has 134 valence electrons. The molecule has 2 aromatic rings. The molecule has 8 heteroatoms. The number of ether oxygens (including phenoxy) is 1. The summed E-state index contributed by atoms with van der Waals surface area (Å²) in [5.41, 5.74) is 0.691. The highest BCUT2D eigenvalue weighted by atomic mass is 32.2. The number of rotatable bonds is 4. The van der Waals surface area contributed by atoms with Crippen molar-refractivity contribution in [1.29, 1.82) is 0 Å². The predicted octanol–water partition coefficient (Wildman–Crippen LogP) is 1.07. The van der Waals surface area contributed by atoms with Crippen LogP contribution in [0.1, 0.15) is 10.6 Å². The number of hydrogen-bond acceptors (Lipinski definition) is 5. The van der Waals surface area contributed by atoms with E-state index in [-0.39, 0.29) is 23.8 Å². The van der Waals surface area contributed by atoms with Crippen molar-refractivity contribution in [2.24, 2.45) is 11.8 Å². The zero-order valence-corrected chi connectivity index (χ0v) is 14.7. The molecule has 0 unspecified atom stereocenters. The standard InChI is InChI=1S/C17H20N2O5S/c1-25(21,22)18-7-12-10-23-16-9-19(8-13(12)16)17(20)15-6-11-4-2-3-5-14(11)24-15/h2-6,12-13,16,18H,7-10H2,1H3/t12-,13+,16+/m0/s1. The number of nitrogens with one attached hydrogen (secondary N) is 1. The van der Waals surface area contributed by atoms with Gasteiger partial charge in [0.15, 0.2) is 5.76 Å². The number of carbonyl (C=O) groups excluding carboxylic acids is 1. The minimum absolute atomic E-state index is 0.0420. The monoisotopic (exact) mass is 364 g/mol. The summed E-state index contributed by atoms with van der Waals surface area (Å²) in [5, 5.41) is 0.900. The molecule has 3 atom stereocenters. The van der Waals surface area contributed by atoms with E-state index in [0.717, 1.165) is 11.6 Å². The zero-order chi connectivity index (χ0) is 17.6. The van der Waals surface area contributed by atoms with Gasteiger partial charge in [-0.25, -0.2) is 13.1 Å².